The fourth-order valence-electron chi connectivity index (χ4n) is 0.604. The van der Waals surface area contributed by atoms with Crippen LogP contribution in [0.5, 0.6) is 0 Å². The largest absolute Gasteiger partial charge is 0.309 e. The first-order valence-electron chi connectivity index (χ1n) is 3.50. The van der Waals surface area contributed by atoms with E-state index in [1.165, 1.54) is 0 Å². The standard InChI is InChI=1S/C6H16N2O2S/c1-6(11(7,9)10)4-5-8(2)3/h6H,4-5H2,1-3H3,(H2,7,9,10). The molecule has 0 aromatic heterocycles. The van der Waals surface area contributed by atoms with Crippen molar-refractivity contribution in [2.45, 2.75) is 18.6 Å². The molecule has 0 saturated carbocycles. The van der Waals surface area contributed by atoms with Gasteiger partial charge < -0.3 is 4.90 Å². The van der Waals surface area contributed by atoms with Gasteiger partial charge in [0.25, 0.3) is 0 Å². The summed E-state index contributed by atoms with van der Waals surface area (Å²) in [5.41, 5.74) is 0. The molecule has 4 nitrogen and oxygen atoms in total. The van der Waals surface area contributed by atoms with Crippen molar-refractivity contribution in [3.8, 4) is 0 Å². The minimum atomic E-state index is -3.33. The Bertz CT molecular complexity index is 199. The number of nitrogens with zero attached hydrogens (tertiary/aromatic N) is 1. The molecule has 0 aromatic rings. The molecule has 0 saturated heterocycles. The van der Waals surface area contributed by atoms with Gasteiger partial charge in [0.1, 0.15) is 0 Å². The van der Waals surface area contributed by atoms with Crippen molar-refractivity contribution in [2.24, 2.45) is 5.14 Å². The van der Waals surface area contributed by atoms with Gasteiger partial charge in [-0.1, -0.05) is 0 Å². The van der Waals surface area contributed by atoms with E-state index in [4.69, 9.17) is 5.14 Å². The highest BCUT2D eigenvalue weighted by atomic mass is 32.2. The second-order valence-electron chi connectivity index (χ2n) is 2.99. The number of hydrogen-bond donors (Lipinski definition) is 1. The van der Waals surface area contributed by atoms with Crippen LogP contribution in [0.2, 0.25) is 0 Å². The Morgan fingerprint density at radius 2 is 1.91 bits per heavy atom. The molecule has 0 radical (unpaired) electrons. The Kier molecular flexibility index (Phi) is 3.99. The summed E-state index contributed by atoms with van der Waals surface area (Å²) in [4.78, 5) is 1.93. The highest BCUT2D eigenvalue weighted by Crippen LogP contribution is 2.00. The lowest BCUT2D eigenvalue weighted by Crippen LogP contribution is -2.29. The maximum absolute atomic E-state index is 10.7. The Morgan fingerprint density at radius 3 is 2.18 bits per heavy atom. The zero-order chi connectivity index (χ0) is 9.07. The zero-order valence-electron chi connectivity index (χ0n) is 7.24. The topological polar surface area (TPSA) is 63.4 Å². The van der Waals surface area contributed by atoms with E-state index >= 15 is 0 Å². The molecular weight excluding hydrogens is 164 g/mol. The minimum absolute atomic E-state index is 0.440. The quantitative estimate of drug-likeness (QED) is 0.641. The van der Waals surface area contributed by atoms with Gasteiger partial charge in [0.05, 0.1) is 5.25 Å². The van der Waals surface area contributed by atoms with Crippen molar-refractivity contribution in [2.75, 3.05) is 20.6 Å². The molecule has 0 aliphatic carbocycles. The Morgan fingerprint density at radius 1 is 1.45 bits per heavy atom. The first kappa shape index (κ1) is 10.9. The lowest BCUT2D eigenvalue weighted by atomic mass is 10.3. The maximum atomic E-state index is 10.7. The summed E-state index contributed by atoms with van der Waals surface area (Å²) in [5, 5.41) is 4.48. The monoisotopic (exact) mass is 180 g/mol. The molecule has 0 spiro atoms. The second-order valence-corrected chi connectivity index (χ2v) is 4.97. The molecule has 0 amide bonds. The van der Waals surface area contributed by atoms with Gasteiger partial charge in [0.15, 0.2) is 0 Å². The first-order valence-corrected chi connectivity index (χ1v) is 5.11. The van der Waals surface area contributed by atoms with Gasteiger partial charge >= 0.3 is 0 Å². The van der Waals surface area contributed by atoms with Crippen LogP contribution in [0.3, 0.4) is 0 Å². The van der Waals surface area contributed by atoms with Crippen molar-refractivity contribution in [3.63, 3.8) is 0 Å². The van der Waals surface area contributed by atoms with Gasteiger partial charge in [-0.2, -0.15) is 0 Å². The summed E-state index contributed by atoms with van der Waals surface area (Å²) >= 11 is 0. The predicted molar refractivity (Wildman–Crippen MR) is 45.7 cm³/mol. The lowest BCUT2D eigenvalue weighted by Gasteiger charge is -2.12. The van der Waals surface area contributed by atoms with E-state index in [-0.39, 0.29) is 0 Å². The number of primary sulfonamides is 1. The van der Waals surface area contributed by atoms with Gasteiger partial charge in [-0.15, -0.1) is 0 Å². The fourth-order valence-corrected chi connectivity index (χ4v) is 1.04. The van der Waals surface area contributed by atoms with Crippen molar-refractivity contribution >= 4 is 10.0 Å². The normalized spacial score (nSPS) is 15.4. The Labute approximate surface area is 68.4 Å². The highest BCUT2D eigenvalue weighted by molar-refractivity contribution is 7.89. The summed E-state index contributed by atoms with van der Waals surface area (Å²) in [7, 11) is 0.472. The third-order valence-corrected chi connectivity index (χ3v) is 2.90. The molecule has 0 heterocycles. The van der Waals surface area contributed by atoms with Gasteiger partial charge in [0, 0.05) is 0 Å². The van der Waals surface area contributed by atoms with Gasteiger partial charge in [0.2, 0.25) is 10.0 Å². The average Bonchev–Trinajstić information content (AvgIpc) is 1.80. The van der Waals surface area contributed by atoms with Crippen molar-refractivity contribution < 1.29 is 8.42 Å². The third kappa shape index (κ3) is 5.17. The molecular formula is C6H16N2O2S. The number of hydrogen-bond acceptors (Lipinski definition) is 3. The van der Waals surface area contributed by atoms with Crippen molar-refractivity contribution in [3.05, 3.63) is 0 Å². The fraction of sp³-hybridized carbons (Fsp3) is 1.00. The maximum Gasteiger partial charge on any atom is 0.211 e. The van der Waals surface area contributed by atoms with Crippen LogP contribution in [0.15, 0.2) is 0 Å². The molecule has 0 fully saturated rings. The van der Waals surface area contributed by atoms with E-state index < -0.39 is 15.3 Å². The highest BCUT2D eigenvalue weighted by Gasteiger charge is 2.14. The molecule has 0 aliphatic heterocycles. The Hall–Kier alpha value is -0.130. The smallest absolute Gasteiger partial charge is 0.211 e. The first-order chi connectivity index (χ1) is 4.84. The van der Waals surface area contributed by atoms with E-state index in [1.807, 2.05) is 19.0 Å². The number of nitrogens with two attached hydrogens (primary N) is 1. The zero-order valence-corrected chi connectivity index (χ0v) is 8.06. The van der Waals surface area contributed by atoms with Crippen LogP contribution in [-0.2, 0) is 10.0 Å². The van der Waals surface area contributed by atoms with E-state index in [0.717, 1.165) is 6.54 Å². The third-order valence-electron chi connectivity index (χ3n) is 1.54. The summed E-state index contributed by atoms with van der Waals surface area (Å²) in [6.07, 6.45) is 0.589. The molecule has 0 aromatic carbocycles. The number of rotatable bonds is 4. The van der Waals surface area contributed by atoms with Crippen molar-refractivity contribution in [1.82, 2.24) is 4.90 Å². The van der Waals surface area contributed by atoms with Crippen LogP contribution >= 0.6 is 0 Å². The van der Waals surface area contributed by atoms with Crippen molar-refractivity contribution in [1.29, 1.82) is 0 Å². The molecule has 0 rings (SSSR count). The summed E-state index contributed by atoms with van der Waals surface area (Å²) in [5.74, 6) is 0. The molecule has 2 N–H and O–H groups in total. The van der Waals surface area contributed by atoms with E-state index in [2.05, 4.69) is 0 Å². The molecule has 1 atom stereocenters. The molecule has 11 heavy (non-hydrogen) atoms. The van der Waals surface area contributed by atoms with Gasteiger partial charge in [-0.25, -0.2) is 13.6 Å². The van der Waals surface area contributed by atoms with E-state index in [1.54, 1.807) is 6.92 Å². The predicted octanol–water partition coefficient (Wildman–Crippen LogP) is -0.385. The van der Waals surface area contributed by atoms with E-state index in [9.17, 15) is 8.42 Å². The summed E-state index contributed by atoms with van der Waals surface area (Å²) in [6, 6.07) is 0. The SMILES string of the molecule is CC(CCN(C)C)S(N)(=O)=O. The van der Waals surface area contributed by atoms with Crippen LogP contribution in [0.4, 0.5) is 0 Å². The Balaban J connectivity index is 3.81. The van der Waals surface area contributed by atoms with E-state index in [0.29, 0.717) is 6.42 Å². The summed E-state index contributed by atoms with van der Waals surface area (Å²) < 4.78 is 21.4. The molecule has 0 aliphatic rings. The second kappa shape index (κ2) is 4.04. The van der Waals surface area contributed by atoms with Gasteiger partial charge in [-0.3, -0.25) is 0 Å². The van der Waals surface area contributed by atoms with Gasteiger partial charge in [-0.05, 0) is 34.0 Å². The van der Waals surface area contributed by atoms with Crippen LogP contribution in [-0.4, -0.2) is 39.2 Å². The summed E-state index contributed by atoms with van der Waals surface area (Å²) in [6.45, 7) is 2.37. The molecule has 5 heteroatoms. The van der Waals surface area contributed by atoms with Crippen LogP contribution < -0.4 is 5.14 Å². The van der Waals surface area contributed by atoms with Crippen LogP contribution in [0.25, 0.3) is 0 Å². The molecule has 0 bridgehead atoms. The van der Waals surface area contributed by atoms with Crippen LogP contribution in [0.1, 0.15) is 13.3 Å². The molecule has 68 valence electrons. The lowest BCUT2D eigenvalue weighted by molar-refractivity contribution is 0.397. The van der Waals surface area contributed by atoms with Crippen LogP contribution in [0, 0.1) is 0 Å². The molecule has 1 unspecified atom stereocenters. The average molecular weight is 180 g/mol. The number of sulfonamides is 1. The minimum Gasteiger partial charge on any atom is -0.309 e.